The molecule has 0 saturated carbocycles. The van der Waals surface area contributed by atoms with Crippen molar-refractivity contribution in [2.24, 2.45) is 0 Å². The van der Waals surface area contributed by atoms with Crippen LogP contribution in [0.3, 0.4) is 0 Å². The number of hydrogen-bond donors (Lipinski definition) is 2. The van der Waals surface area contributed by atoms with Crippen LogP contribution in [0.5, 0.6) is 0 Å². The number of methoxy groups -OCH3 is 2. The van der Waals surface area contributed by atoms with Crippen LogP contribution in [0.2, 0.25) is 0 Å². The molecule has 0 heterocycles. The van der Waals surface area contributed by atoms with Gasteiger partial charge in [-0.1, -0.05) is 24.3 Å². The first kappa shape index (κ1) is 27.9. The second-order valence-corrected chi connectivity index (χ2v) is 7.83. The van der Waals surface area contributed by atoms with Gasteiger partial charge in [0, 0.05) is 31.4 Å². The molecule has 2 aromatic carbocycles. The second-order valence-electron chi connectivity index (χ2n) is 7.83. The summed E-state index contributed by atoms with van der Waals surface area (Å²) in [7, 11) is 2.24. The second kappa shape index (κ2) is 12.9. The third-order valence-electron chi connectivity index (χ3n) is 5.35. The standard InChI is InChI=1S/C24H26FN3O8/c1-14(29)26-20(12-15-4-8-17(25)9-5-15)23(31)27-22(24(32)36-3)19(13-21(30)35-2)16-6-10-18(11-7-16)28(33)34/h4-11,19-20,22H,12-13H2,1-3H3,(H,26,29)(H,27,31)/t19-,20+,22+/m0/s1. The topological polar surface area (TPSA) is 154 Å². The molecule has 0 aliphatic carbocycles. The van der Waals surface area contributed by atoms with Crippen LogP contribution in [0.25, 0.3) is 0 Å². The number of amides is 2. The largest absolute Gasteiger partial charge is 0.469 e. The Bertz CT molecular complexity index is 1110. The molecule has 2 aromatic rings. The third kappa shape index (κ3) is 7.86. The summed E-state index contributed by atoms with van der Waals surface area (Å²) in [5.74, 6) is -4.36. The van der Waals surface area contributed by atoms with Gasteiger partial charge in [0.1, 0.15) is 17.9 Å². The zero-order valence-corrected chi connectivity index (χ0v) is 19.9. The Hall–Kier alpha value is -4.35. The number of esters is 2. The highest BCUT2D eigenvalue weighted by molar-refractivity contribution is 5.91. The summed E-state index contributed by atoms with van der Waals surface area (Å²) in [4.78, 5) is 60.2. The lowest BCUT2D eigenvalue weighted by Gasteiger charge is -2.28. The summed E-state index contributed by atoms with van der Waals surface area (Å²) in [5, 5.41) is 16.0. The van der Waals surface area contributed by atoms with Crippen molar-refractivity contribution in [1.29, 1.82) is 0 Å². The zero-order chi connectivity index (χ0) is 26.8. The number of nitro groups is 1. The SMILES string of the molecule is COC(=O)C[C@@H](c1ccc([N+](=O)[O-])cc1)[C@@H](NC(=O)[C@@H](Cc1ccc(F)cc1)NC(C)=O)C(=O)OC. The molecule has 0 radical (unpaired) electrons. The summed E-state index contributed by atoms with van der Waals surface area (Å²) in [5.41, 5.74) is 0.664. The van der Waals surface area contributed by atoms with E-state index in [4.69, 9.17) is 9.47 Å². The first-order chi connectivity index (χ1) is 17.0. The molecule has 0 spiro atoms. The first-order valence-corrected chi connectivity index (χ1v) is 10.8. The molecule has 0 aromatic heterocycles. The van der Waals surface area contributed by atoms with Crippen LogP contribution in [0.4, 0.5) is 10.1 Å². The molecule has 0 aliphatic heterocycles. The Labute approximate surface area is 206 Å². The van der Waals surface area contributed by atoms with Crippen LogP contribution in [-0.4, -0.2) is 55.0 Å². The quantitative estimate of drug-likeness (QED) is 0.267. The van der Waals surface area contributed by atoms with Crippen molar-refractivity contribution in [3.63, 3.8) is 0 Å². The Balaban J connectivity index is 2.40. The smallest absolute Gasteiger partial charge is 0.329 e. The molecule has 0 unspecified atom stereocenters. The number of benzene rings is 2. The predicted octanol–water partition coefficient (Wildman–Crippen LogP) is 1.79. The number of rotatable bonds is 11. The minimum absolute atomic E-state index is 0.0151. The molecule has 0 fully saturated rings. The van der Waals surface area contributed by atoms with Gasteiger partial charge in [-0.05, 0) is 23.3 Å². The Morgan fingerprint density at radius 3 is 2.08 bits per heavy atom. The maximum Gasteiger partial charge on any atom is 0.329 e. The molecule has 0 saturated heterocycles. The van der Waals surface area contributed by atoms with Gasteiger partial charge in [-0.2, -0.15) is 0 Å². The Kier molecular flexibility index (Phi) is 10.0. The first-order valence-electron chi connectivity index (χ1n) is 10.8. The van der Waals surface area contributed by atoms with Crippen molar-refractivity contribution in [3.8, 4) is 0 Å². The summed E-state index contributed by atoms with van der Waals surface area (Å²) in [6, 6.07) is 7.87. The van der Waals surface area contributed by atoms with E-state index in [-0.39, 0.29) is 18.5 Å². The van der Waals surface area contributed by atoms with E-state index in [1.54, 1.807) is 0 Å². The van der Waals surface area contributed by atoms with Gasteiger partial charge in [0.2, 0.25) is 11.8 Å². The number of ether oxygens (including phenoxy) is 2. The fourth-order valence-electron chi connectivity index (χ4n) is 3.55. The van der Waals surface area contributed by atoms with Crippen molar-refractivity contribution < 1.29 is 38.0 Å². The minimum Gasteiger partial charge on any atom is -0.469 e. The molecule has 2 rings (SSSR count). The Morgan fingerprint density at radius 2 is 1.58 bits per heavy atom. The van der Waals surface area contributed by atoms with Crippen molar-refractivity contribution in [3.05, 3.63) is 75.6 Å². The van der Waals surface area contributed by atoms with Gasteiger partial charge in [-0.25, -0.2) is 9.18 Å². The fourth-order valence-corrected chi connectivity index (χ4v) is 3.55. The van der Waals surface area contributed by atoms with Gasteiger partial charge in [0.25, 0.3) is 5.69 Å². The molecular formula is C24H26FN3O8. The summed E-state index contributed by atoms with van der Waals surface area (Å²) >= 11 is 0. The van der Waals surface area contributed by atoms with E-state index < -0.39 is 52.5 Å². The van der Waals surface area contributed by atoms with Gasteiger partial charge < -0.3 is 20.1 Å². The minimum atomic E-state index is -1.41. The number of non-ortho nitro benzene ring substituents is 1. The fraction of sp³-hybridized carbons (Fsp3) is 0.333. The monoisotopic (exact) mass is 503 g/mol. The van der Waals surface area contributed by atoms with E-state index in [2.05, 4.69) is 10.6 Å². The average molecular weight is 503 g/mol. The van der Waals surface area contributed by atoms with Gasteiger partial charge in [-0.15, -0.1) is 0 Å². The van der Waals surface area contributed by atoms with Crippen LogP contribution < -0.4 is 10.6 Å². The number of nitrogens with one attached hydrogen (secondary N) is 2. The summed E-state index contributed by atoms with van der Waals surface area (Å²) in [6.45, 7) is 1.21. The van der Waals surface area contributed by atoms with E-state index in [0.29, 0.717) is 11.1 Å². The number of halogens is 1. The van der Waals surface area contributed by atoms with Gasteiger partial charge >= 0.3 is 11.9 Å². The maximum atomic E-state index is 13.3. The molecular weight excluding hydrogens is 477 g/mol. The lowest BCUT2D eigenvalue weighted by molar-refractivity contribution is -0.384. The van der Waals surface area contributed by atoms with Crippen LogP contribution in [0, 0.1) is 15.9 Å². The lowest BCUT2D eigenvalue weighted by Crippen LogP contribution is -2.54. The van der Waals surface area contributed by atoms with Crippen LogP contribution >= 0.6 is 0 Å². The maximum absolute atomic E-state index is 13.3. The van der Waals surface area contributed by atoms with Crippen LogP contribution in [0.1, 0.15) is 30.4 Å². The highest BCUT2D eigenvalue weighted by Crippen LogP contribution is 2.27. The van der Waals surface area contributed by atoms with Crippen molar-refractivity contribution >= 4 is 29.4 Å². The van der Waals surface area contributed by atoms with E-state index in [1.165, 1.54) is 55.5 Å². The average Bonchev–Trinajstić information content (AvgIpc) is 2.86. The summed E-state index contributed by atoms with van der Waals surface area (Å²) in [6.07, 6.45) is -0.379. The van der Waals surface area contributed by atoms with E-state index >= 15 is 0 Å². The molecule has 2 amide bonds. The molecule has 3 atom stereocenters. The number of carbonyl (C=O) groups is 4. The summed E-state index contributed by atoms with van der Waals surface area (Å²) < 4.78 is 22.8. The van der Waals surface area contributed by atoms with Crippen LogP contribution in [0.15, 0.2) is 48.5 Å². The van der Waals surface area contributed by atoms with Crippen LogP contribution in [-0.2, 0) is 35.1 Å². The number of hydrogen-bond acceptors (Lipinski definition) is 8. The van der Waals surface area contributed by atoms with Gasteiger partial charge in [0.05, 0.1) is 25.6 Å². The number of carbonyl (C=O) groups excluding carboxylic acids is 4. The highest BCUT2D eigenvalue weighted by atomic mass is 19.1. The molecule has 192 valence electrons. The number of nitrogens with zero attached hydrogens (tertiary/aromatic N) is 1. The Morgan fingerprint density at radius 1 is 0.972 bits per heavy atom. The van der Waals surface area contributed by atoms with Gasteiger partial charge in [-0.3, -0.25) is 24.5 Å². The molecule has 0 aliphatic rings. The van der Waals surface area contributed by atoms with E-state index in [0.717, 1.165) is 14.2 Å². The predicted molar refractivity (Wildman–Crippen MR) is 124 cm³/mol. The molecule has 2 N–H and O–H groups in total. The van der Waals surface area contributed by atoms with Crippen molar-refractivity contribution in [1.82, 2.24) is 10.6 Å². The molecule has 12 heteroatoms. The normalized spacial score (nSPS) is 13.0. The zero-order valence-electron chi connectivity index (χ0n) is 19.9. The van der Waals surface area contributed by atoms with Crippen molar-refractivity contribution in [2.45, 2.75) is 37.8 Å². The molecule has 36 heavy (non-hydrogen) atoms. The van der Waals surface area contributed by atoms with Gasteiger partial charge in [0.15, 0.2) is 0 Å². The molecule has 11 nitrogen and oxygen atoms in total. The number of nitro benzene ring substituents is 1. The third-order valence-corrected chi connectivity index (χ3v) is 5.35. The van der Waals surface area contributed by atoms with E-state index in [9.17, 15) is 33.7 Å². The molecule has 0 bridgehead atoms. The lowest BCUT2D eigenvalue weighted by atomic mass is 9.87. The van der Waals surface area contributed by atoms with Crippen molar-refractivity contribution in [2.75, 3.05) is 14.2 Å². The van der Waals surface area contributed by atoms with E-state index in [1.807, 2.05) is 0 Å². The highest BCUT2D eigenvalue weighted by Gasteiger charge is 2.36.